The van der Waals surface area contributed by atoms with E-state index in [9.17, 15) is 9.59 Å². The summed E-state index contributed by atoms with van der Waals surface area (Å²) in [7, 11) is 0. The van der Waals surface area contributed by atoms with Crippen LogP contribution in [0.2, 0.25) is 5.02 Å². The van der Waals surface area contributed by atoms with Gasteiger partial charge in [-0.1, -0.05) is 29.8 Å². The molecule has 2 aromatic rings. The number of hydrogen-bond donors (Lipinski definition) is 1. The average molecular weight is 365 g/mol. The highest BCUT2D eigenvalue weighted by atomic mass is 35.5. The molecule has 7 heteroatoms. The lowest BCUT2D eigenvalue weighted by molar-refractivity contribution is -0.144. The lowest BCUT2D eigenvalue weighted by atomic mass is 10.2. The number of nitrogens with one attached hydrogen (secondary N) is 1. The van der Waals surface area contributed by atoms with Crippen molar-refractivity contribution in [3.05, 3.63) is 51.7 Å². The summed E-state index contributed by atoms with van der Waals surface area (Å²) in [5.74, 6) is -0.284. The Balaban J connectivity index is 1.59. The van der Waals surface area contributed by atoms with Crippen LogP contribution in [0.1, 0.15) is 4.88 Å². The van der Waals surface area contributed by atoms with Crippen molar-refractivity contribution in [2.45, 2.75) is 12.5 Å². The fraction of sp³-hybridized carbons (Fsp3) is 0.294. The molecule has 1 aliphatic rings. The summed E-state index contributed by atoms with van der Waals surface area (Å²) in [6.07, 6.45) is -0.335. The number of amides is 2. The minimum atomic E-state index is -0.692. The topological polar surface area (TPSA) is 58.6 Å². The fourth-order valence-electron chi connectivity index (χ4n) is 2.48. The van der Waals surface area contributed by atoms with E-state index in [2.05, 4.69) is 5.32 Å². The summed E-state index contributed by atoms with van der Waals surface area (Å²) in [5, 5.41) is 5.16. The average Bonchev–Trinajstić information content (AvgIpc) is 3.10. The van der Waals surface area contributed by atoms with Gasteiger partial charge in [-0.3, -0.25) is 9.59 Å². The Morgan fingerprint density at radius 1 is 1.29 bits per heavy atom. The molecule has 0 spiro atoms. The van der Waals surface area contributed by atoms with Gasteiger partial charge in [0.05, 0.1) is 30.3 Å². The maximum absolute atomic E-state index is 12.4. The number of thiophene rings is 1. The predicted octanol–water partition coefficient (Wildman–Crippen LogP) is 2.81. The van der Waals surface area contributed by atoms with Crippen molar-refractivity contribution in [1.29, 1.82) is 0 Å². The molecular weight excluding hydrogens is 348 g/mol. The van der Waals surface area contributed by atoms with Crippen LogP contribution in [0.5, 0.6) is 0 Å². The number of benzene rings is 1. The zero-order valence-corrected chi connectivity index (χ0v) is 14.5. The van der Waals surface area contributed by atoms with Crippen molar-refractivity contribution in [3.8, 4) is 0 Å². The number of carbonyl (C=O) groups is 2. The van der Waals surface area contributed by atoms with E-state index in [1.807, 2.05) is 17.5 Å². The minimum Gasteiger partial charge on any atom is -0.365 e. The molecule has 3 rings (SSSR count). The van der Waals surface area contributed by atoms with Crippen LogP contribution in [-0.4, -0.2) is 42.5 Å². The molecule has 5 nitrogen and oxygen atoms in total. The zero-order chi connectivity index (χ0) is 16.9. The van der Waals surface area contributed by atoms with Crippen molar-refractivity contribution >= 4 is 40.4 Å². The highest BCUT2D eigenvalue weighted by Gasteiger charge is 2.29. The van der Waals surface area contributed by atoms with Crippen LogP contribution >= 0.6 is 22.9 Å². The molecule has 126 valence electrons. The van der Waals surface area contributed by atoms with E-state index in [1.165, 1.54) is 0 Å². The van der Waals surface area contributed by atoms with Gasteiger partial charge in [0.15, 0.2) is 6.10 Å². The van der Waals surface area contributed by atoms with Gasteiger partial charge < -0.3 is 15.0 Å². The monoisotopic (exact) mass is 364 g/mol. The van der Waals surface area contributed by atoms with Gasteiger partial charge in [0.2, 0.25) is 5.91 Å². The van der Waals surface area contributed by atoms with Crippen LogP contribution in [0.25, 0.3) is 0 Å². The van der Waals surface area contributed by atoms with Gasteiger partial charge in [-0.2, -0.15) is 0 Å². The number of halogens is 1. The van der Waals surface area contributed by atoms with Gasteiger partial charge >= 0.3 is 0 Å². The number of rotatable bonds is 4. The molecule has 1 aromatic carbocycles. The summed E-state index contributed by atoms with van der Waals surface area (Å²) in [6.45, 7) is 1.09. The van der Waals surface area contributed by atoms with Crippen molar-refractivity contribution in [1.82, 2.24) is 4.90 Å². The molecular formula is C17H17ClN2O3S. The molecule has 1 N–H and O–H groups in total. The van der Waals surface area contributed by atoms with Crippen LogP contribution in [0.3, 0.4) is 0 Å². The first-order chi connectivity index (χ1) is 11.6. The summed E-state index contributed by atoms with van der Waals surface area (Å²) >= 11 is 7.60. The standard InChI is InChI=1S/C17H17ClN2O3S/c18-13-5-1-2-6-14(13)19-17(22)15-11-20(7-8-23-15)16(21)10-12-4-3-9-24-12/h1-6,9,15H,7-8,10-11H2,(H,19,22)/t15-/m1/s1. The molecule has 1 fully saturated rings. The molecule has 2 heterocycles. The van der Waals surface area contributed by atoms with Gasteiger partial charge in [-0.25, -0.2) is 0 Å². The summed E-state index contributed by atoms with van der Waals surface area (Å²) in [5.41, 5.74) is 0.537. The predicted molar refractivity (Wildman–Crippen MR) is 94.4 cm³/mol. The first-order valence-corrected chi connectivity index (χ1v) is 8.86. The van der Waals surface area contributed by atoms with E-state index in [0.717, 1.165) is 4.88 Å². The second-order valence-electron chi connectivity index (χ2n) is 5.42. The smallest absolute Gasteiger partial charge is 0.255 e. The van der Waals surface area contributed by atoms with Gasteiger partial charge in [0, 0.05) is 11.4 Å². The number of hydrogen-bond acceptors (Lipinski definition) is 4. The maximum Gasteiger partial charge on any atom is 0.255 e. The molecule has 1 aromatic heterocycles. The van der Waals surface area contributed by atoms with E-state index in [0.29, 0.717) is 30.3 Å². The number of para-hydroxylation sites is 1. The second kappa shape index (κ2) is 7.79. The van der Waals surface area contributed by atoms with E-state index >= 15 is 0 Å². The Kier molecular flexibility index (Phi) is 5.50. The van der Waals surface area contributed by atoms with Crippen LogP contribution in [0.4, 0.5) is 5.69 Å². The molecule has 24 heavy (non-hydrogen) atoms. The lowest BCUT2D eigenvalue weighted by Crippen LogP contribution is -2.50. The van der Waals surface area contributed by atoms with E-state index in [-0.39, 0.29) is 18.4 Å². The van der Waals surface area contributed by atoms with E-state index < -0.39 is 6.10 Å². The molecule has 1 saturated heterocycles. The molecule has 0 aliphatic carbocycles. The van der Waals surface area contributed by atoms with Crippen molar-refractivity contribution < 1.29 is 14.3 Å². The van der Waals surface area contributed by atoms with Crippen LogP contribution < -0.4 is 5.32 Å². The summed E-state index contributed by atoms with van der Waals surface area (Å²) in [4.78, 5) is 27.4. The number of nitrogens with zero attached hydrogens (tertiary/aromatic N) is 1. The largest absolute Gasteiger partial charge is 0.365 e. The first kappa shape index (κ1) is 17.0. The Bertz CT molecular complexity index is 720. The van der Waals surface area contributed by atoms with Gasteiger partial charge in [0.25, 0.3) is 5.91 Å². The third-order valence-corrected chi connectivity index (χ3v) is 4.95. The minimum absolute atomic E-state index is 0.0105. The first-order valence-electron chi connectivity index (χ1n) is 7.60. The molecule has 0 saturated carbocycles. The number of anilines is 1. The lowest BCUT2D eigenvalue weighted by Gasteiger charge is -2.32. The molecule has 1 atom stereocenters. The summed E-state index contributed by atoms with van der Waals surface area (Å²) in [6, 6.07) is 10.9. The second-order valence-corrected chi connectivity index (χ2v) is 6.86. The van der Waals surface area contributed by atoms with Crippen molar-refractivity contribution in [3.63, 3.8) is 0 Å². The maximum atomic E-state index is 12.4. The van der Waals surface area contributed by atoms with E-state index in [4.69, 9.17) is 16.3 Å². The quantitative estimate of drug-likeness (QED) is 0.907. The SMILES string of the molecule is O=C(Nc1ccccc1Cl)[C@H]1CN(C(=O)Cc2cccs2)CCO1. The third kappa shape index (κ3) is 4.14. The molecule has 0 bridgehead atoms. The third-order valence-electron chi connectivity index (χ3n) is 3.75. The zero-order valence-electron chi connectivity index (χ0n) is 12.9. The molecule has 2 amide bonds. The molecule has 1 aliphatic heterocycles. The highest BCUT2D eigenvalue weighted by molar-refractivity contribution is 7.10. The van der Waals surface area contributed by atoms with Gasteiger partial charge in [-0.15, -0.1) is 11.3 Å². The number of carbonyl (C=O) groups excluding carboxylic acids is 2. The summed E-state index contributed by atoms with van der Waals surface area (Å²) < 4.78 is 5.52. The number of morpholine rings is 1. The molecule has 0 unspecified atom stereocenters. The Labute approximate surface area is 149 Å². The van der Waals surface area contributed by atoms with Crippen LogP contribution in [0, 0.1) is 0 Å². The van der Waals surface area contributed by atoms with Gasteiger partial charge in [-0.05, 0) is 23.6 Å². The van der Waals surface area contributed by atoms with Crippen molar-refractivity contribution in [2.24, 2.45) is 0 Å². The number of ether oxygens (including phenoxy) is 1. The van der Waals surface area contributed by atoms with Crippen LogP contribution in [0.15, 0.2) is 41.8 Å². The van der Waals surface area contributed by atoms with Gasteiger partial charge in [0.1, 0.15) is 0 Å². The highest BCUT2D eigenvalue weighted by Crippen LogP contribution is 2.21. The Hall–Kier alpha value is -1.89. The van der Waals surface area contributed by atoms with E-state index in [1.54, 1.807) is 40.5 Å². The normalized spacial score (nSPS) is 17.5. The molecule has 0 radical (unpaired) electrons. The Morgan fingerprint density at radius 3 is 2.88 bits per heavy atom. The fourth-order valence-corrected chi connectivity index (χ4v) is 3.36. The van der Waals surface area contributed by atoms with Crippen molar-refractivity contribution in [2.75, 3.05) is 25.0 Å². The van der Waals surface area contributed by atoms with Crippen LogP contribution in [-0.2, 0) is 20.7 Å². The Morgan fingerprint density at radius 2 is 2.12 bits per heavy atom.